The zero-order chi connectivity index (χ0) is 28.9. The Labute approximate surface area is 258 Å². The Morgan fingerprint density at radius 2 is 1.28 bits per heavy atom. The first-order chi connectivity index (χ1) is 21.0. The van der Waals surface area contributed by atoms with Crippen molar-refractivity contribution in [2.45, 2.75) is 19.3 Å². The van der Waals surface area contributed by atoms with Gasteiger partial charge in [0.25, 0.3) is 0 Å². The van der Waals surface area contributed by atoms with Crippen molar-refractivity contribution in [2.24, 2.45) is 0 Å². The predicted molar refractivity (Wildman–Crippen MR) is 184 cm³/mol. The average Bonchev–Trinajstić information content (AvgIpc) is 3.65. The van der Waals surface area contributed by atoms with Crippen LogP contribution in [-0.4, -0.2) is 0 Å². The van der Waals surface area contributed by atoms with Gasteiger partial charge in [0.2, 0.25) is 0 Å². The van der Waals surface area contributed by atoms with Gasteiger partial charge in [0.05, 0.1) is 0 Å². The second-order valence-electron chi connectivity index (χ2n) is 11.9. The summed E-state index contributed by atoms with van der Waals surface area (Å²) in [4.78, 5) is 2.35. The van der Waals surface area contributed by atoms with E-state index in [-0.39, 0.29) is 5.41 Å². The molecule has 0 aliphatic heterocycles. The Hall–Kier alpha value is -4.57. The van der Waals surface area contributed by atoms with E-state index in [2.05, 4.69) is 116 Å². The van der Waals surface area contributed by atoms with E-state index < -0.39 is 0 Å². The number of benzene rings is 6. The predicted octanol–water partition coefficient (Wildman–Crippen LogP) is 12.4. The maximum Gasteiger partial charge on any atom is 0.137 e. The summed E-state index contributed by atoms with van der Waals surface area (Å²) in [5, 5.41) is 5.37. The fraction of sp³-hybridized carbons (Fsp3) is 0.0769. The fourth-order valence-corrected chi connectivity index (χ4v) is 8.56. The highest BCUT2D eigenvalue weighted by atomic mass is 35.5. The third kappa shape index (κ3) is 3.59. The van der Waals surface area contributed by atoms with Gasteiger partial charge in [0.1, 0.15) is 11.2 Å². The van der Waals surface area contributed by atoms with E-state index in [1.54, 1.807) is 11.3 Å². The maximum atomic E-state index is 6.66. The SMILES string of the molecule is CC1(C)c2ccccc2-c2cc(N(c3ccc4c(c3)oc3ccccc34)c3ccc4c(c3)sc3cccc(Cl)c34)ccc21. The van der Waals surface area contributed by atoms with E-state index in [4.69, 9.17) is 16.0 Å². The van der Waals surface area contributed by atoms with Gasteiger partial charge in [0.15, 0.2) is 0 Å². The minimum Gasteiger partial charge on any atom is -0.456 e. The topological polar surface area (TPSA) is 16.4 Å². The first kappa shape index (κ1) is 25.0. The number of para-hydroxylation sites is 1. The van der Waals surface area contributed by atoms with Crippen LogP contribution in [0.5, 0.6) is 0 Å². The molecular weight excluding hydrogens is 566 g/mol. The maximum absolute atomic E-state index is 6.66. The third-order valence-corrected chi connectivity index (χ3v) is 10.6. The van der Waals surface area contributed by atoms with Gasteiger partial charge in [-0.25, -0.2) is 0 Å². The van der Waals surface area contributed by atoms with Gasteiger partial charge < -0.3 is 9.32 Å². The lowest BCUT2D eigenvalue weighted by Crippen LogP contribution is -2.15. The van der Waals surface area contributed by atoms with E-state index in [9.17, 15) is 0 Å². The van der Waals surface area contributed by atoms with Gasteiger partial charge in [-0.1, -0.05) is 86.1 Å². The molecule has 2 heterocycles. The van der Waals surface area contributed by atoms with Crippen LogP contribution in [0.2, 0.25) is 5.02 Å². The van der Waals surface area contributed by atoms with Crippen LogP contribution in [0.15, 0.2) is 126 Å². The van der Waals surface area contributed by atoms with Crippen LogP contribution in [0.4, 0.5) is 17.1 Å². The van der Waals surface area contributed by atoms with Crippen LogP contribution in [0.3, 0.4) is 0 Å². The van der Waals surface area contributed by atoms with Crippen LogP contribution in [0.25, 0.3) is 53.2 Å². The van der Waals surface area contributed by atoms with Gasteiger partial charge in [-0.2, -0.15) is 0 Å². The van der Waals surface area contributed by atoms with Crippen molar-refractivity contribution in [3.63, 3.8) is 0 Å². The van der Waals surface area contributed by atoms with Crippen molar-refractivity contribution < 1.29 is 4.42 Å². The summed E-state index contributed by atoms with van der Waals surface area (Å²) < 4.78 is 8.76. The highest BCUT2D eigenvalue weighted by Crippen LogP contribution is 2.51. The Kier molecular flexibility index (Phi) is 5.21. The third-order valence-electron chi connectivity index (χ3n) is 9.13. The lowest BCUT2D eigenvalue weighted by atomic mass is 9.82. The largest absolute Gasteiger partial charge is 0.456 e. The quantitative estimate of drug-likeness (QED) is 0.203. The lowest BCUT2D eigenvalue weighted by Gasteiger charge is -2.27. The summed E-state index contributed by atoms with van der Waals surface area (Å²) in [7, 11) is 0. The molecule has 0 fully saturated rings. The van der Waals surface area contributed by atoms with Crippen molar-refractivity contribution in [1.82, 2.24) is 0 Å². The minimum atomic E-state index is -0.0439. The molecule has 6 aromatic carbocycles. The van der Waals surface area contributed by atoms with Gasteiger partial charge >= 0.3 is 0 Å². The number of anilines is 3. The minimum absolute atomic E-state index is 0.0439. The summed E-state index contributed by atoms with van der Waals surface area (Å²) in [6.45, 7) is 4.65. The number of halogens is 1. The summed E-state index contributed by atoms with van der Waals surface area (Å²) >= 11 is 8.45. The lowest BCUT2D eigenvalue weighted by molar-refractivity contribution is 0.660. The smallest absolute Gasteiger partial charge is 0.137 e. The van der Waals surface area contributed by atoms with E-state index in [1.807, 2.05) is 24.3 Å². The molecule has 1 aliphatic carbocycles. The van der Waals surface area contributed by atoms with E-state index in [1.165, 1.54) is 37.0 Å². The Morgan fingerprint density at radius 3 is 2.19 bits per heavy atom. The summed E-state index contributed by atoms with van der Waals surface area (Å²) in [5.74, 6) is 0. The van der Waals surface area contributed by atoms with Gasteiger partial charge in [-0.15, -0.1) is 11.3 Å². The number of nitrogens with zero attached hydrogens (tertiary/aromatic N) is 1. The van der Waals surface area contributed by atoms with E-state index in [0.717, 1.165) is 49.4 Å². The summed E-state index contributed by atoms with van der Waals surface area (Å²) in [5.41, 5.74) is 10.3. The van der Waals surface area contributed by atoms with Gasteiger partial charge in [-0.05, 0) is 76.9 Å². The molecule has 0 radical (unpaired) electrons. The van der Waals surface area contributed by atoms with E-state index in [0.29, 0.717) is 0 Å². The number of rotatable bonds is 3. The Morgan fingerprint density at radius 1 is 0.581 bits per heavy atom. The second kappa shape index (κ2) is 8.97. The normalized spacial score (nSPS) is 13.7. The number of furan rings is 1. The molecule has 43 heavy (non-hydrogen) atoms. The van der Waals surface area contributed by atoms with Gasteiger partial charge in [-0.3, -0.25) is 0 Å². The van der Waals surface area contributed by atoms with Crippen molar-refractivity contribution in [2.75, 3.05) is 4.90 Å². The average molecular weight is 592 g/mol. The highest BCUT2D eigenvalue weighted by Gasteiger charge is 2.35. The molecule has 2 nitrogen and oxygen atoms in total. The zero-order valence-corrected chi connectivity index (χ0v) is 25.3. The van der Waals surface area contributed by atoms with Crippen LogP contribution >= 0.6 is 22.9 Å². The summed E-state index contributed by atoms with van der Waals surface area (Å²) in [6, 6.07) is 43.4. The van der Waals surface area contributed by atoms with Crippen molar-refractivity contribution >= 4 is 82.1 Å². The summed E-state index contributed by atoms with van der Waals surface area (Å²) in [6.07, 6.45) is 0. The zero-order valence-electron chi connectivity index (χ0n) is 23.7. The molecule has 0 spiro atoms. The van der Waals surface area contributed by atoms with Gasteiger partial charge in [0, 0.05) is 64.5 Å². The molecule has 0 saturated carbocycles. The Bertz CT molecular complexity index is 2410. The molecule has 4 heteroatoms. The number of thiophene rings is 1. The van der Waals surface area contributed by atoms with Crippen LogP contribution in [0, 0.1) is 0 Å². The van der Waals surface area contributed by atoms with Crippen LogP contribution < -0.4 is 4.90 Å². The van der Waals surface area contributed by atoms with Crippen LogP contribution in [-0.2, 0) is 5.41 Å². The molecule has 1 aliphatic rings. The molecule has 0 atom stereocenters. The first-order valence-corrected chi connectivity index (χ1v) is 15.7. The van der Waals surface area contributed by atoms with Crippen molar-refractivity contribution in [1.29, 1.82) is 0 Å². The second-order valence-corrected chi connectivity index (χ2v) is 13.4. The van der Waals surface area contributed by atoms with Crippen LogP contribution in [0.1, 0.15) is 25.0 Å². The molecule has 2 aromatic heterocycles. The standard InChI is InChI=1S/C39H26ClNOS/c1-39(2)31-10-5-3-8-26(31)30-20-23(16-19-32(30)39)41(24-14-17-28-27-9-4-6-12-34(27)42-35(28)21-24)25-15-18-29-37(22-25)43-36-13-7-11-33(40)38(29)36/h3-22H,1-2H3. The number of fused-ring (bicyclic) bond motifs is 9. The molecule has 9 rings (SSSR count). The monoisotopic (exact) mass is 591 g/mol. The van der Waals surface area contributed by atoms with E-state index >= 15 is 0 Å². The number of hydrogen-bond donors (Lipinski definition) is 0. The molecular formula is C39H26ClNOS. The molecule has 0 unspecified atom stereocenters. The van der Waals surface area contributed by atoms with Crippen molar-refractivity contribution in [3.05, 3.63) is 137 Å². The molecule has 0 N–H and O–H groups in total. The highest BCUT2D eigenvalue weighted by molar-refractivity contribution is 7.26. The number of hydrogen-bond acceptors (Lipinski definition) is 3. The fourth-order valence-electron chi connectivity index (χ4n) is 7.06. The molecule has 8 aromatic rings. The molecule has 0 amide bonds. The van der Waals surface area contributed by atoms with Crippen molar-refractivity contribution in [3.8, 4) is 11.1 Å². The molecule has 0 bridgehead atoms. The first-order valence-electron chi connectivity index (χ1n) is 14.5. The molecule has 206 valence electrons. The molecule has 0 saturated heterocycles. The Balaban J connectivity index is 1.28.